The number of amides is 1. The molecule has 3 rings (SSSR count). The van der Waals surface area contributed by atoms with E-state index >= 15 is 0 Å². The van der Waals surface area contributed by atoms with Gasteiger partial charge in [0.1, 0.15) is 0 Å². The lowest BCUT2D eigenvalue weighted by molar-refractivity contribution is 0.0162. The molecule has 1 aliphatic heterocycles. The van der Waals surface area contributed by atoms with Gasteiger partial charge in [-0.1, -0.05) is 29.8 Å². The summed E-state index contributed by atoms with van der Waals surface area (Å²) >= 11 is 6.40. The van der Waals surface area contributed by atoms with Gasteiger partial charge in [0, 0.05) is 30.2 Å². The van der Waals surface area contributed by atoms with Gasteiger partial charge in [-0.2, -0.15) is 5.26 Å². The molecule has 1 heterocycles. The quantitative estimate of drug-likeness (QED) is 0.879. The molecule has 2 aromatic rings. The fraction of sp³-hybridized carbons (Fsp3) is 0.300. The van der Waals surface area contributed by atoms with E-state index in [1.54, 1.807) is 24.3 Å². The van der Waals surface area contributed by atoms with Gasteiger partial charge < -0.3 is 10.1 Å². The van der Waals surface area contributed by atoms with Gasteiger partial charge in [0.2, 0.25) is 0 Å². The number of nitrogens with one attached hydrogen (secondary N) is 1. The molecule has 2 aromatic carbocycles. The number of carbonyl (C=O) groups excluding carboxylic acids is 1. The number of ether oxygens (including phenoxy) is 1. The Bertz CT molecular complexity index is 795. The third-order valence-corrected chi connectivity index (χ3v) is 4.83. The van der Waals surface area contributed by atoms with Crippen molar-refractivity contribution in [1.29, 1.82) is 5.26 Å². The number of hydrogen-bond donors (Lipinski definition) is 1. The minimum absolute atomic E-state index is 0.0186. The second-order valence-corrected chi connectivity index (χ2v) is 6.49. The SMILES string of the molecule is N#Cc1ccc(C(=O)NCC(c2ccccc2Cl)N2CCOCC2)cc1. The Kier molecular flexibility index (Phi) is 6.24. The van der Waals surface area contributed by atoms with E-state index in [1.165, 1.54) is 0 Å². The molecule has 0 radical (unpaired) electrons. The summed E-state index contributed by atoms with van der Waals surface area (Å²) in [5.74, 6) is -0.167. The second kappa shape index (κ2) is 8.81. The summed E-state index contributed by atoms with van der Waals surface area (Å²) in [4.78, 5) is 14.8. The van der Waals surface area contributed by atoms with Gasteiger partial charge in [-0.05, 0) is 35.9 Å². The number of nitriles is 1. The van der Waals surface area contributed by atoms with Crippen molar-refractivity contribution in [1.82, 2.24) is 10.2 Å². The van der Waals surface area contributed by atoms with Gasteiger partial charge in [-0.25, -0.2) is 0 Å². The lowest BCUT2D eigenvalue weighted by Crippen LogP contribution is -2.44. The van der Waals surface area contributed by atoms with Crippen LogP contribution in [0, 0.1) is 11.3 Å². The first kappa shape index (κ1) is 18.4. The number of rotatable bonds is 5. The highest BCUT2D eigenvalue weighted by molar-refractivity contribution is 6.31. The average Bonchev–Trinajstić information content (AvgIpc) is 2.70. The first-order valence-electron chi connectivity index (χ1n) is 8.53. The van der Waals surface area contributed by atoms with E-state index < -0.39 is 0 Å². The summed E-state index contributed by atoms with van der Waals surface area (Å²) in [7, 11) is 0. The first-order chi connectivity index (χ1) is 12.7. The maximum absolute atomic E-state index is 12.5. The zero-order valence-corrected chi connectivity index (χ0v) is 15.1. The fourth-order valence-corrected chi connectivity index (χ4v) is 3.32. The predicted molar refractivity (Wildman–Crippen MR) is 100 cm³/mol. The standard InChI is InChI=1S/C20H20ClN3O2/c21-18-4-2-1-3-17(18)19(24-9-11-26-12-10-24)14-23-20(25)16-7-5-15(13-22)6-8-16/h1-8,19H,9-12,14H2,(H,23,25). The summed E-state index contributed by atoms with van der Waals surface area (Å²) in [5, 5.41) is 12.5. The van der Waals surface area contributed by atoms with Gasteiger partial charge in [0.25, 0.3) is 5.91 Å². The van der Waals surface area contributed by atoms with Crippen molar-refractivity contribution in [3.05, 3.63) is 70.2 Å². The van der Waals surface area contributed by atoms with Crippen molar-refractivity contribution in [3.8, 4) is 6.07 Å². The largest absolute Gasteiger partial charge is 0.379 e. The monoisotopic (exact) mass is 369 g/mol. The molecule has 6 heteroatoms. The van der Waals surface area contributed by atoms with Gasteiger partial charge in [-0.3, -0.25) is 9.69 Å². The van der Waals surface area contributed by atoms with E-state index in [4.69, 9.17) is 21.6 Å². The molecule has 1 N–H and O–H groups in total. The third kappa shape index (κ3) is 4.41. The Morgan fingerprint density at radius 2 is 1.88 bits per heavy atom. The van der Waals surface area contributed by atoms with Crippen LogP contribution in [0.15, 0.2) is 48.5 Å². The van der Waals surface area contributed by atoms with Gasteiger partial charge >= 0.3 is 0 Å². The van der Waals surface area contributed by atoms with Crippen LogP contribution in [0.4, 0.5) is 0 Å². The minimum Gasteiger partial charge on any atom is -0.379 e. The van der Waals surface area contributed by atoms with E-state index in [-0.39, 0.29) is 11.9 Å². The molecular formula is C20H20ClN3O2. The van der Waals surface area contributed by atoms with E-state index in [2.05, 4.69) is 10.2 Å². The molecule has 0 saturated carbocycles. The van der Waals surface area contributed by atoms with E-state index in [9.17, 15) is 4.79 Å². The number of benzene rings is 2. The van der Waals surface area contributed by atoms with Gasteiger partial charge in [0.15, 0.2) is 0 Å². The van der Waals surface area contributed by atoms with Crippen molar-refractivity contribution in [3.63, 3.8) is 0 Å². The first-order valence-corrected chi connectivity index (χ1v) is 8.91. The summed E-state index contributed by atoms with van der Waals surface area (Å²) in [6, 6.07) is 16.4. The van der Waals surface area contributed by atoms with Crippen LogP contribution in [0.2, 0.25) is 5.02 Å². The summed E-state index contributed by atoms with van der Waals surface area (Å²) in [6.07, 6.45) is 0. The highest BCUT2D eigenvalue weighted by atomic mass is 35.5. The van der Waals surface area contributed by atoms with Crippen LogP contribution in [0.3, 0.4) is 0 Å². The lowest BCUT2D eigenvalue weighted by atomic mass is 10.0. The van der Waals surface area contributed by atoms with Crippen LogP contribution >= 0.6 is 11.6 Å². The lowest BCUT2D eigenvalue weighted by Gasteiger charge is -2.35. The molecule has 0 aliphatic carbocycles. The van der Waals surface area contributed by atoms with Crippen LogP contribution in [0.25, 0.3) is 0 Å². The van der Waals surface area contributed by atoms with Crippen LogP contribution in [0.1, 0.15) is 27.5 Å². The number of halogens is 1. The van der Waals surface area contributed by atoms with Crippen LogP contribution < -0.4 is 5.32 Å². The normalized spacial score (nSPS) is 15.8. The highest BCUT2D eigenvalue weighted by Gasteiger charge is 2.25. The molecular weight excluding hydrogens is 350 g/mol. The Balaban J connectivity index is 1.74. The zero-order chi connectivity index (χ0) is 18.4. The molecule has 1 amide bonds. The third-order valence-electron chi connectivity index (χ3n) is 4.48. The second-order valence-electron chi connectivity index (χ2n) is 6.08. The van der Waals surface area contributed by atoms with Crippen LogP contribution in [-0.4, -0.2) is 43.7 Å². The van der Waals surface area contributed by atoms with Crippen molar-refractivity contribution in [2.24, 2.45) is 0 Å². The summed E-state index contributed by atoms with van der Waals surface area (Å²) in [6.45, 7) is 3.38. The number of morpholine rings is 1. The molecule has 26 heavy (non-hydrogen) atoms. The van der Waals surface area contributed by atoms with Crippen molar-refractivity contribution < 1.29 is 9.53 Å². The Morgan fingerprint density at radius 1 is 1.19 bits per heavy atom. The average molecular weight is 370 g/mol. The number of carbonyl (C=O) groups is 1. The Labute approximate surface area is 158 Å². The highest BCUT2D eigenvalue weighted by Crippen LogP contribution is 2.27. The number of nitrogens with zero attached hydrogens (tertiary/aromatic N) is 2. The maximum Gasteiger partial charge on any atom is 0.251 e. The summed E-state index contributed by atoms with van der Waals surface area (Å²) < 4.78 is 5.44. The maximum atomic E-state index is 12.5. The molecule has 134 valence electrons. The molecule has 1 unspecified atom stereocenters. The van der Waals surface area contributed by atoms with Gasteiger partial charge in [0.05, 0.1) is 30.9 Å². The van der Waals surface area contributed by atoms with Crippen molar-refractivity contribution >= 4 is 17.5 Å². The van der Waals surface area contributed by atoms with E-state index in [1.807, 2.05) is 30.3 Å². The van der Waals surface area contributed by atoms with Crippen LogP contribution in [-0.2, 0) is 4.74 Å². The molecule has 0 spiro atoms. The molecule has 1 saturated heterocycles. The minimum atomic E-state index is -0.167. The molecule has 5 nitrogen and oxygen atoms in total. The predicted octanol–water partition coefficient (Wildman–Crippen LogP) is 3.01. The Morgan fingerprint density at radius 3 is 2.54 bits per heavy atom. The molecule has 1 atom stereocenters. The van der Waals surface area contributed by atoms with E-state index in [0.717, 1.165) is 18.7 Å². The topological polar surface area (TPSA) is 65.4 Å². The zero-order valence-electron chi connectivity index (χ0n) is 14.3. The number of hydrogen-bond acceptors (Lipinski definition) is 4. The van der Waals surface area contributed by atoms with E-state index in [0.29, 0.717) is 35.9 Å². The Hall–Kier alpha value is -2.39. The summed E-state index contributed by atoms with van der Waals surface area (Å²) in [5.41, 5.74) is 2.06. The molecule has 0 aromatic heterocycles. The van der Waals surface area contributed by atoms with Crippen LogP contribution in [0.5, 0.6) is 0 Å². The molecule has 1 fully saturated rings. The van der Waals surface area contributed by atoms with Gasteiger partial charge in [-0.15, -0.1) is 0 Å². The molecule has 1 aliphatic rings. The fourth-order valence-electron chi connectivity index (χ4n) is 3.06. The molecule has 0 bridgehead atoms. The van der Waals surface area contributed by atoms with Crippen molar-refractivity contribution in [2.45, 2.75) is 6.04 Å². The smallest absolute Gasteiger partial charge is 0.251 e. The van der Waals surface area contributed by atoms with Crippen molar-refractivity contribution in [2.75, 3.05) is 32.8 Å².